The molecule has 11 heteroatoms. The molecule has 0 bridgehead atoms. The second-order valence-corrected chi connectivity index (χ2v) is 7.25. The molecule has 1 fully saturated rings. The van der Waals surface area contributed by atoms with Gasteiger partial charge in [-0.1, -0.05) is 0 Å². The second-order valence-electron chi connectivity index (χ2n) is 5.25. The monoisotopic (exact) mass is 361 g/mol. The van der Waals surface area contributed by atoms with E-state index >= 15 is 0 Å². The maximum absolute atomic E-state index is 12.4. The summed E-state index contributed by atoms with van der Waals surface area (Å²) >= 11 is 0. The van der Waals surface area contributed by atoms with Gasteiger partial charge in [-0.25, -0.2) is 9.66 Å². The molecule has 1 aliphatic rings. The van der Waals surface area contributed by atoms with Gasteiger partial charge in [-0.05, 0) is 20.3 Å². The van der Waals surface area contributed by atoms with E-state index in [-0.39, 0.29) is 24.0 Å². The number of hydrogen-bond donors (Lipinski definition) is 2. The fraction of sp³-hybridized carbons (Fsp3) is 0.692. The molecule has 2 heterocycles. The quantitative estimate of drug-likeness (QED) is 0.608. The largest absolute Gasteiger partial charge is 0.382 e. The number of carbonyl (C=O) groups is 1. The average Bonchev–Trinajstić information content (AvgIpc) is 3.12. The summed E-state index contributed by atoms with van der Waals surface area (Å²) in [5, 5.41) is 1.88. The zero-order valence-electron chi connectivity index (χ0n) is 13.9. The van der Waals surface area contributed by atoms with Crippen LogP contribution in [0.5, 0.6) is 0 Å². The van der Waals surface area contributed by atoms with Crippen LogP contribution in [0, 0.1) is 0 Å². The molecule has 1 unspecified atom stereocenters. The number of nitrogens with zero attached hydrogens (tertiary/aromatic N) is 3. The first-order valence-electron chi connectivity index (χ1n) is 7.77. The number of aromatic nitrogens is 2. The molecule has 1 aromatic heterocycles. The van der Waals surface area contributed by atoms with Crippen molar-refractivity contribution in [2.75, 3.05) is 43.4 Å². The van der Waals surface area contributed by atoms with Crippen molar-refractivity contribution in [1.29, 1.82) is 0 Å². The van der Waals surface area contributed by atoms with Crippen LogP contribution in [0.1, 0.15) is 30.8 Å². The Morgan fingerprint density at radius 3 is 2.62 bits per heavy atom. The average molecular weight is 361 g/mol. The lowest BCUT2D eigenvalue weighted by Crippen LogP contribution is -2.34. The van der Waals surface area contributed by atoms with Gasteiger partial charge in [0, 0.05) is 6.54 Å². The van der Waals surface area contributed by atoms with Crippen molar-refractivity contribution in [1.82, 2.24) is 9.66 Å². The molecule has 0 spiro atoms. The molecule has 24 heavy (non-hydrogen) atoms. The van der Waals surface area contributed by atoms with Crippen molar-refractivity contribution < 1.29 is 23.1 Å². The van der Waals surface area contributed by atoms with E-state index < -0.39 is 13.5 Å². The SMILES string of the molecule is CCOP(=O)(COC1CCN(n2cnc(C(N)=O)c2N)C1)OCC. The molecule has 1 amide bonds. The molecule has 2 rings (SSSR count). The highest BCUT2D eigenvalue weighted by atomic mass is 31.2. The zero-order chi connectivity index (χ0) is 17.7. The molecule has 4 N–H and O–H groups in total. The van der Waals surface area contributed by atoms with Crippen molar-refractivity contribution in [2.45, 2.75) is 26.4 Å². The Morgan fingerprint density at radius 2 is 2.08 bits per heavy atom. The van der Waals surface area contributed by atoms with Gasteiger partial charge >= 0.3 is 7.60 Å². The predicted octanol–water partition coefficient (Wildman–Crippen LogP) is 0.515. The van der Waals surface area contributed by atoms with Crippen LogP contribution in [0.25, 0.3) is 0 Å². The van der Waals surface area contributed by atoms with Gasteiger partial charge in [-0.3, -0.25) is 9.36 Å². The summed E-state index contributed by atoms with van der Waals surface area (Å²) < 4.78 is 30.1. The molecule has 0 saturated carbocycles. The summed E-state index contributed by atoms with van der Waals surface area (Å²) in [4.78, 5) is 15.1. The number of primary amides is 1. The number of imidazole rings is 1. The van der Waals surface area contributed by atoms with Crippen molar-refractivity contribution >= 4 is 19.3 Å². The molecule has 1 aliphatic heterocycles. The number of nitrogens with two attached hydrogens (primary N) is 2. The van der Waals surface area contributed by atoms with Crippen molar-refractivity contribution in [2.24, 2.45) is 5.73 Å². The molecule has 136 valence electrons. The fourth-order valence-corrected chi connectivity index (χ4v) is 3.91. The number of anilines is 1. The van der Waals surface area contributed by atoms with Crippen molar-refractivity contribution in [3.05, 3.63) is 12.0 Å². The van der Waals surface area contributed by atoms with Crippen LogP contribution in [0.3, 0.4) is 0 Å². The summed E-state index contributed by atoms with van der Waals surface area (Å²) in [6.07, 6.45) is 1.90. The summed E-state index contributed by atoms with van der Waals surface area (Å²) in [6.45, 7) is 5.24. The highest BCUT2D eigenvalue weighted by Crippen LogP contribution is 2.48. The highest BCUT2D eigenvalue weighted by molar-refractivity contribution is 7.53. The lowest BCUT2D eigenvalue weighted by atomic mass is 10.3. The Hall–Kier alpha value is -1.61. The van der Waals surface area contributed by atoms with Crippen molar-refractivity contribution in [3.8, 4) is 0 Å². The van der Waals surface area contributed by atoms with Crippen LogP contribution < -0.4 is 16.5 Å². The Kier molecular flexibility index (Phi) is 6.22. The van der Waals surface area contributed by atoms with Crippen LogP contribution in [0.4, 0.5) is 5.82 Å². The zero-order valence-corrected chi connectivity index (χ0v) is 14.8. The van der Waals surface area contributed by atoms with E-state index in [2.05, 4.69) is 4.98 Å². The molecule has 1 saturated heterocycles. The molecule has 1 aromatic rings. The van der Waals surface area contributed by atoms with Crippen LogP contribution in [0.15, 0.2) is 6.33 Å². The second kappa shape index (κ2) is 7.98. The Labute approximate surface area is 140 Å². The van der Waals surface area contributed by atoms with Gasteiger partial charge in [-0.2, -0.15) is 0 Å². The molecule has 0 radical (unpaired) electrons. The first-order chi connectivity index (χ1) is 11.4. The van der Waals surface area contributed by atoms with Crippen LogP contribution in [-0.4, -0.2) is 54.3 Å². The third-order valence-corrected chi connectivity index (χ3v) is 5.34. The molecular weight excluding hydrogens is 337 g/mol. The van der Waals surface area contributed by atoms with E-state index in [1.165, 1.54) is 6.33 Å². The van der Waals surface area contributed by atoms with E-state index in [1.54, 1.807) is 18.5 Å². The maximum atomic E-state index is 12.4. The molecule has 0 aromatic carbocycles. The van der Waals surface area contributed by atoms with Gasteiger partial charge in [0.2, 0.25) is 0 Å². The standard InChI is InChI=1S/C13H24N5O5P/c1-3-22-24(20,23-4-2)9-21-10-5-6-17(7-10)18-8-16-11(12(18)14)13(15)19/h8,10H,3-7,9,14H2,1-2H3,(H2,15,19). The van der Waals surface area contributed by atoms with E-state index in [9.17, 15) is 9.36 Å². The van der Waals surface area contributed by atoms with Gasteiger partial charge in [-0.15, -0.1) is 0 Å². The predicted molar refractivity (Wildman–Crippen MR) is 88.3 cm³/mol. The minimum Gasteiger partial charge on any atom is -0.382 e. The summed E-state index contributed by atoms with van der Waals surface area (Å²) in [5.74, 6) is -0.481. The van der Waals surface area contributed by atoms with Crippen LogP contribution in [0.2, 0.25) is 0 Å². The summed E-state index contributed by atoms with van der Waals surface area (Å²) in [5.41, 5.74) is 11.1. The van der Waals surface area contributed by atoms with Gasteiger partial charge in [0.15, 0.2) is 11.5 Å². The van der Waals surface area contributed by atoms with Crippen LogP contribution >= 0.6 is 7.60 Å². The van der Waals surface area contributed by atoms with Crippen LogP contribution in [-0.2, 0) is 18.3 Å². The van der Waals surface area contributed by atoms with E-state index in [4.69, 9.17) is 25.3 Å². The Balaban J connectivity index is 1.93. The third kappa shape index (κ3) is 4.27. The van der Waals surface area contributed by atoms with E-state index in [1.807, 2.05) is 5.01 Å². The van der Waals surface area contributed by atoms with Crippen molar-refractivity contribution in [3.63, 3.8) is 0 Å². The number of ether oxygens (including phenoxy) is 1. The molecular formula is C13H24N5O5P. The first kappa shape index (κ1) is 18.7. The smallest absolute Gasteiger partial charge is 0.356 e. The Morgan fingerprint density at radius 1 is 1.42 bits per heavy atom. The van der Waals surface area contributed by atoms with Gasteiger partial charge in [0.05, 0.1) is 25.9 Å². The number of amides is 1. The molecule has 10 nitrogen and oxygen atoms in total. The topological polar surface area (TPSA) is 135 Å². The number of rotatable bonds is 9. The van der Waals surface area contributed by atoms with Gasteiger partial charge in [0.1, 0.15) is 12.7 Å². The van der Waals surface area contributed by atoms with Gasteiger partial charge in [0.25, 0.3) is 5.91 Å². The normalized spacial score (nSPS) is 18.2. The number of hydrogen-bond acceptors (Lipinski definition) is 8. The number of carbonyl (C=O) groups excluding carboxylic acids is 1. The number of nitrogen functional groups attached to an aromatic ring is 1. The molecule has 0 aliphatic carbocycles. The highest BCUT2D eigenvalue weighted by Gasteiger charge is 2.30. The minimum absolute atomic E-state index is 0.0385. The van der Waals surface area contributed by atoms with Gasteiger partial charge < -0.3 is 30.3 Å². The lowest BCUT2D eigenvalue weighted by Gasteiger charge is -2.22. The Bertz CT molecular complexity index is 612. The minimum atomic E-state index is -3.23. The maximum Gasteiger partial charge on any atom is 0.356 e. The first-order valence-corrected chi connectivity index (χ1v) is 9.50. The lowest BCUT2D eigenvalue weighted by molar-refractivity contribution is 0.0787. The third-order valence-electron chi connectivity index (χ3n) is 3.57. The molecule has 1 atom stereocenters. The summed E-state index contributed by atoms with van der Waals surface area (Å²) in [6, 6.07) is 0. The fourth-order valence-electron chi connectivity index (χ4n) is 2.51. The summed E-state index contributed by atoms with van der Waals surface area (Å²) in [7, 11) is -3.23. The van der Waals surface area contributed by atoms with E-state index in [0.717, 1.165) is 0 Å². The van der Waals surface area contributed by atoms with E-state index in [0.29, 0.717) is 32.7 Å².